The van der Waals surface area contributed by atoms with E-state index in [4.69, 9.17) is 0 Å². The first kappa shape index (κ1) is 12.7. The summed E-state index contributed by atoms with van der Waals surface area (Å²) in [6, 6.07) is 1.57. The Hall–Kier alpha value is -2.31. The number of aromatic nitrogens is 4. The van der Waals surface area contributed by atoms with Crippen molar-refractivity contribution in [2.24, 2.45) is 13.0 Å². The number of fused-ring (bicyclic) bond motifs is 1. The predicted octanol–water partition coefficient (Wildman–Crippen LogP) is 1.00. The van der Waals surface area contributed by atoms with Crippen LogP contribution in [0.15, 0.2) is 24.7 Å². The average Bonchev–Trinajstić information content (AvgIpc) is 3.05. The predicted molar refractivity (Wildman–Crippen MR) is 74.3 cm³/mol. The van der Waals surface area contributed by atoms with E-state index in [0.717, 1.165) is 25.2 Å². The zero-order chi connectivity index (χ0) is 13.9. The number of anilines is 1. The molecule has 106 valence electrons. The van der Waals surface area contributed by atoms with Gasteiger partial charge in [0.05, 0.1) is 6.20 Å². The van der Waals surface area contributed by atoms with E-state index in [-0.39, 0.29) is 6.03 Å². The summed E-state index contributed by atoms with van der Waals surface area (Å²) in [7, 11) is 1.79. The molecule has 3 heterocycles. The number of amides is 2. The van der Waals surface area contributed by atoms with Crippen molar-refractivity contribution in [3.05, 3.63) is 30.5 Å². The van der Waals surface area contributed by atoms with Crippen LogP contribution in [0.4, 0.5) is 10.6 Å². The van der Waals surface area contributed by atoms with Gasteiger partial charge in [0.2, 0.25) is 0 Å². The van der Waals surface area contributed by atoms with Gasteiger partial charge >= 0.3 is 6.03 Å². The number of imidazole rings is 1. The van der Waals surface area contributed by atoms with Gasteiger partial charge in [-0.1, -0.05) is 0 Å². The Balaban J connectivity index is 1.48. The van der Waals surface area contributed by atoms with Gasteiger partial charge in [-0.25, -0.2) is 9.78 Å². The highest BCUT2D eigenvalue weighted by atomic mass is 16.2. The molecule has 3 rings (SSSR count). The molecule has 0 spiro atoms. The summed E-state index contributed by atoms with van der Waals surface area (Å²) in [4.78, 5) is 16.1. The largest absolute Gasteiger partial charge is 0.337 e. The molecule has 1 unspecified atom stereocenters. The Kier molecular flexibility index (Phi) is 3.41. The van der Waals surface area contributed by atoms with Crippen LogP contribution >= 0.6 is 0 Å². The lowest BCUT2D eigenvalue weighted by molar-refractivity contribution is 0.247. The van der Waals surface area contributed by atoms with Gasteiger partial charge in [0, 0.05) is 45.0 Å². The lowest BCUT2D eigenvalue weighted by Crippen LogP contribution is -2.36. The van der Waals surface area contributed by atoms with E-state index in [2.05, 4.69) is 25.3 Å². The van der Waals surface area contributed by atoms with Crippen molar-refractivity contribution in [1.29, 1.82) is 0 Å². The van der Waals surface area contributed by atoms with Crippen molar-refractivity contribution in [3.8, 4) is 0 Å². The summed E-state index contributed by atoms with van der Waals surface area (Å²) in [5, 5.41) is 9.69. The standard InChI is InChI=1S/C13H18N6O/c1-18-12(4-5-16-18)17-13(20)15-8-10-2-3-11-14-6-7-19(11)9-10/h4-7,10H,2-3,8-9H2,1H3,(H2,15,17,20). The molecular formula is C13H18N6O. The highest BCUT2D eigenvalue weighted by Crippen LogP contribution is 2.17. The normalized spacial score (nSPS) is 17.6. The molecule has 0 saturated carbocycles. The Morgan fingerprint density at radius 2 is 2.40 bits per heavy atom. The molecule has 0 fully saturated rings. The van der Waals surface area contributed by atoms with E-state index < -0.39 is 0 Å². The molecule has 2 amide bonds. The van der Waals surface area contributed by atoms with E-state index in [1.807, 2.05) is 12.4 Å². The summed E-state index contributed by atoms with van der Waals surface area (Å²) in [6.07, 6.45) is 7.51. The average molecular weight is 274 g/mol. The second-order valence-corrected chi connectivity index (χ2v) is 5.08. The second-order valence-electron chi connectivity index (χ2n) is 5.08. The molecule has 0 saturated heterocycles. The molecule has 0 aliphatic carbocycles. The lowest BCUT2D eigenvalue weighted by atomic mass is 9.99. The van der Waals surface area contributed by atoms with Gasteiger partial charge in [-0.05, 0) is 12.3 Å². The van der Waals surface area contributed by atoms with E-state index in [1.165, 1.54) is 0 Å². The van der Waals surface area contributed by atoms with Crippen molar-refractivity contribution in [2.45, 2.75) is 19.4 Å². The molecule has 7 heteroatoms. The number of nitrogens with one attached hydrogen (secondary N) is 2. The molecular weight excluding hydrogens is 256 g/mol. The number of carbonyl (C=O) groups is 1. The van der Waals surface area contributed by atoms with Crippen LogP contribution in [0.2, 0.25) is 0 Å². The van der Waals surface area contributed by atoms with Gasteiger partial charge in [-0.2, -0.15) is 5.10 Å². The Labute approximate surface area is 117 Å². The molecule has 2 aromatic heterocycles. The van der Waals surface area contributed by atoms with E-state index in [1.54, 1.807) is 24.0 Å². The van der Waals surface area contributed by atoms with E-state index >= 15 is 0 Å². The van der Waals surface area contributed by atoms with Gasteiger partial charge in [-0.3, -0.25) is 10.00 Å². The number of rotatable bonds is 3. The van der Waals surface area contributed by atoms with Gasteiger partial charge in [-0.15, -0.1) is 0 Å². The molecule has 1 atom stereocenters. The summed E-state index contributed by atoms with van der Waals surface area (Å²) in [6.45, 7) is 1.59. The summed E-state index contributed by atoms with van der Waals surface area (Å²) >= 11 is 0. The first-order valence-corrected chi connectivity index (χ1v) is 6.75. The van der Waals surface area contributed by atoms with Gasteiger partial charge in [0.15, 0.2) is 0 Å². The van der Waals surface area contributed by atoms with Gasteiger partial charge in [0.1, 0.15) is 11.6 Å². The Bertz CT molecular complexity index is 602. The number of carbonyl (C=O) groups excluding carboxylic acids is 1. The molecule has 2 aromatic rings. The molecule has 0 radical (unpaired) electrons. The number of hydrogen-bond acceptors (Lipinski definition) is 3. The maximum absolute atomic E-state index is 11.8. The SMILES string of the molecule is Cn1nccc1NC(=O)NCC1CCc2nccn2C1. The third-order valence-electron chi connectivity index (χ3n) is 3.65. The molecule has 0 bridgehead atoms. The second kappa shape index (κ2) is 5.36. The number of hydrogen-bond donors (Lipinski definition) is 2. The molecule has 1 aliphatic rings. The van der Waals surface area contributed by atoms with Crippen LogP contribution in [0, 0.1) is 5.92 Å². The number of aryl methyl sites for hydroxylation is 2. The molecule has 2 N–H and O–H groups in total. The topological polar surface area (TPSA) is 76.8 Å². The maximum Gasteiger partial charge on any atom is 0.320 e. The van der Waals surface area contributed by atoms with Gasteiger partial charge in [0.25, 0.3) is 0 Å². The first-order valence-electron chi connectivity index (χ1n) is 6.75. The summed E-state index contributed by atoms with van der Waals surface area (Å²) < 4.78 is 3.78. The molecule has 7 nitrogen and oxygen atoms in total. The third kappa shape index (κ3) is 2.66. The lowest BCUT2D eigenvalue weighted by Gasteiger charge is -2.23. The zero-order valence-electron chi connectivity index (χ0n) is 11.4. The van der Waals surface area contributed by atoms with E-state index in [9.17, 15) is 4.79 Å². The molecule has 0 aromatic carbocycles. The quantitative estimate of drug-likeness (QED) is 0.876. The van der Waals surface area contributed by atoms with Crippen LogP contribution in [0.5, 0.6) is 0 Å². The van der Waals surface area contributed by atoms with Gasteiger partial charge < -0.3 is 9.88 Å². The molecule has 20 heavy (non-hydrogen) atoms. The minimum atomic E-state index is -0.190. The smallest absolute Gasteiger partial charge is 0.320 e. The number of urea groups is 1. The molecule has 1 aliphatic heterocycles. The van der Waals surface area contributed by atoms with Crippen LogP contribution in [-0.2, 0) is 20.0 Å². The fourth-order valence-electron chi connectivity index (χ4n) is 2.50. The van der Waals surface area contributed by atoms with Crippen molar-refractivity contribution in [2.75, 3.05) is 11.9 Å². The van der Waals surface area contributed by atoms with Crippen LogP contribution in [0.1, 0.15) is 12.2 Å². The van der Waals surface area contributed by atoms with Crippen molar-refractivity contribution < 1.29 is 4.79 Å². The van der Waals surface area contributed by atoms with Crippen molar-refractivity contribution in [1.82, 2.24) is 24.6 Å². The van der Waals surface area contributed by atoms with Crippen molar-refractivity contribution >= 4 is 11.8 Å². The van der Waals surface area contributed by atoms with Crippen LogP contribution < -0.4 is 10.6 Å². The van der Waals surface area contributed by atoms with Crippen LogP contribution in [0.3, 0.4) is 0 Å². The Morgan fingerprint density at radius 1 is 1.50 bits per heavy atom. The fourth-order valence-corrected chi connectivity index (χ4v) is 2.50. The van der Waals surface area contributed by atoms with Crippen LogP contribution in [-0.4, -0.2) is 31.9 Å². The third-order valence-corrected chi connectivity index (χ3v) is 3.65. The zero-order valence-corrected chi connectivity index (χ0v) is 11.4. The monoisotopic (exact) mass is 274 g/mol. The highest BCUT2D eigenvalue weighted by Gasteiger charge is 2.19. The highest BCUT2D eigenvalue weighted by molar-refractivity contribution is 5.88. The van der Waals surface area contributed by atoms with Crippen LogP contribution in [0.25, 0.3) is 0 Å². The summed E-state index contributed by atoms with van der Waals surface area (Å²) in [5.74, 6) is 2.28. The first-order chi connectivity index (χ1) is 9.72. The Morgan fingerprint density at radius 3 is 3.20 bits per heavy atom. The number of nitrogens with zero attached hydrogens (tertiary/aromatic N) is 4. The maximum atomic E-state index is 11.8. The van der Waals surface area contributed by atoms with E-state index in [0.29, 0.717) is 18.3 Å². The minimum absolute atomic E-state index is 0.190. The van der Waals surface area contributed by atoms with Crippen molar-refractivity contribution in [3.63, 3.8) is 0 Å². The minimum Gasteiger partial charge on any atom is -0.337 e. The fraction of sp³-hybridized carbons (Fsp3) is 0.462. The summed E-state index contributed by atoms with van der Waals surface area (Å²) in [5.41, 5.74) is 0.